The molecule has 2 saturated heterocycles. The summed E-state index contributed by atoms with van der Waals surface area (Å²) in [6.45, 7) is 0. The molecule has 0 aliphatic carbocycles. The molecule has 2 atom stereocenters. The summed E-state index contributed by atoms with van der Waals surface area (Å²) < 4.78 is 0. The molecule has 3 rings (SSSR count). The number of benzene rings is 1. The van der Waals surface area contributed by atoms with Crippen molar-refractivity contribution in [1.29, 1.82) is 0 Å². The Labute approximate surface area is 127 Å². The van der Waals surface area contributed by atoms with E-state index in [-0.39, 0.29) is 23.4 Å². The van der Waals surface area contributed by atoms with E-state index in [1.54, 1.807) is 18.2 Å². The van der Waals surface area contributed by atoms with Crippen LogP contribution in [0.2, 0.25) is 10.0 Å². The third-order valence-electron chi connectivity index (χ3n) is 4.07. The van der Waals surface area contributed by atoms with Crippen molar-refractivity contribution in [2.75, 3.05) is 0 Å². The number of alkyl halides is 1. The predicted octanol–water partition coefficient (Wildman–Crippen LogP) is 4.37. The van der Waals surface area contributed by atoms with Crippen molar-refractivity contribution in [3.63, 3.8) is 0 Å². The maximum atomic E-state index is 12.7. The smallest absolute Gasteiger partial charge is 0.255 e. The standard InChI is InChI=1S/C14H14Cl3NO/c15-8-1-4-13(17)12(7-8)14(19)18-10-2-3-11(18)6-9(16)5-10/h1,4,7,9-11H,2-3,5-6H2. The number of halogens is 3. The fourth-order valence-electron chi connectivity index (χ4n) is 3.24. The van der Waals surface area contributed by atoms with E-state index in [1.807, 2.05) is 4.90 Å². The van der Waals surface area contributed by atoms with Crippen LogP contribution in [0.25, 0.3) is 0 Å². The number of fused-ring (bicyclic) bond motifs is 2. The van der Waals surface area contributed by atoms with E-state index in [4.69, 9.17) is 34.8 Å². The van der Waals surface area contributed by atoms with Crippen molar-refractivity contribution < 1.29 is 4.79 Å². The van der Waals surface area contributed by atoms with Gasteiger partial charge in [-0.05, 0) is 43.9 Å². The van der Waals surface area contributed by atoms with Gasteiger partial charge in [-0.15, -0.1) is 11.6 Å². The van der Waals surface area contributed by atoms with Gasteiger partial charge in [0.15, 0.2) is 0 Å². The zero-order valence-corrected chi connectivity index (χ0v) is 12.5. The van der Waals surface area contributed by atoms with Crippen LogP contribution >= 0.6 is 34.8 Å². The average molecular weight is 319 g/mol. The van der Waals surface area contributed by atoms with E-state index in [1.165, 1.54) is 0 Å². The van der Waals surface area contributed by atoms with Crippen molar-refractivity contribution in [3.8, 4) is 0 Å². The highest BCUT2D eigenvalue weighted by molar-refractivity contribution is 6.35. The highest BCUT2D eigenvalue weighted by atomic mass is 35.5. The second kappa shape index (κ2) is 5.16. The van der Waals surface area contributed by atoms with Crippen molar-refractivity contribution in [1.82, 2.24) is 4.90 Å². The molecule has 2 nitrogen and oxygen atoms in total. The molecule has 1 aromatic rings. The van der Waals surface area contributed by atoms with E-state index in [9.17, 15) is 4.79 Å². The molecule has 0 aromatic heterocycles. The van der Waals surface area contributed by atoms with Gasteiger partial charge in [0.1, 0.15) is 0 Å². The fourth-order valence-corrected chi connectivity index (χ4v) is 4.02. The van der Waals surface area contributed by atoms with Gasteiger partial charge < -0.3 is 4.90 Å². The summed E-state index contributed by atoms with van der Waals surface area (Å²) in [5.41, 5.74) is 0.499. The molecule has 2 fully saturated rings. The number of hydrogen-bond donors (Lipinski definition) is 0. The lowest BCUT2D eigenvalue weighted by Gasteiger charge is -2.37. The van der Waals surface area contributed by atoms with Crippen molar-refractivity contribution in [2.24, 2.45) is 0 Å². The largest absolute Gasteiger partial charge is 0.333 e. The maximum Gasteiger partial charge on any atom is 0.255 e. The van der Waals surface area contributed by atoms with E-state index < -0.39 is 0 Å². The number of amides is 1. The number of carbonyl (C=O) groups is 1. The topological polar surface area (TPSA) is 20.3 Å². The summed E-state index contributed by atoms with van der Waals surface area (Å²) in [4.78, 5) is 14.6. The van der Waals surface area contributed by atoms with Crippen LogP contribution < -0.4 is 0 Å². The van der Waals surface area contributed by atoms with Gasteiger partial charge in [0.05, 0.1) is 10.6 Å². The Morgan fingerprint density at radius 1 is 1.16 bits per heavy atom. The molecule has 2 aliphatic rings. The maximum absolute atomic E-state index is 12.7. The van der Waals surface area contributed by atoms with Crippen LogP contribution in [0.4, 0.5) is 0 Å². The van der Waals surface area contributed by atoms with E-state index in [0.717, 1.165) is 25.7 Å². The van der Waals surface area contributed by atoms with Crippen molar-refractivity contribution >= 4 is 40.7 Å². The molecule has 5 heteroatoms. The zero-order chi connectivity index (χ0) is 13.6. The predicted molar refractivity (Wildman–Crippen MR) is 78.3 cm³/mol. The minimum absolute atomic E-state index is 0.0106. The van der Waals surface area contributed by atoms with Crippen LogP contribution in [0.1, 0.15) is 36.0 Å². The van der Waals surface area contributed by atoms with Gasteiger partial charge in [0, 0.05) is 22.5 Å². The van der Waals surface area contributed by atoms with E-state index in [0.29, 0.717) is 15.6 Å². The van der Waals surface area contributed by atoms with Gasteiger partial charge >= 0.3 is 0 Å². The molecular weight excluding hydrogens is 305 g/mol. The van der Waals surface area contributed by atoms with Gasteiger partial charge in [-0.25, -0.2) is 0 Å². The van der Waals surface area contributed by atoms with Crippen LogP contribution in [0, 0.1) is 0 Å². The number of nitrogens with zero attached hydrogens (tertiary/aromatic N) is 1. The summed E-state index contributed by atoms with van der Waals surface area (Å²) in [6, 6.07) is 5.53. The average Bonchev–Trinajstić information content (AvgIpc) is 2.64. The highest BCUT2D eigenvalue weighted by Gasteiger charge is 2.43. The minimum atomic E-state index is -0.0106. The van der Waals surface area contributed by atoms with E-state index in [2.05, 4.69) is 0 Å². The normalized spacial score (nSPS) is 29.6. The Bertz CT molecular complexity index is 505. The van der Waals surface area contributed by atoms with Gasteiger partial charge in [0.25, 0.3) is 5.91 Å². The summed E-state index contributed by atoms with van der Waals surface area (Å²) in [5.74, 6) is -0.0106. The molecule has 1 aromatic carbocycles. The number of rotatable bonds is 1. The van der Waals surface area contributed by atoms with E-state index >= 15 is 0 Å². The number of piperidine rings is 1. The molecule has 0 saturated carbocycles. The van der Waals surface area contributed by atoms with Crippen molar-refractivity contribution in [3.05, 3.63) is 33.8 Å². The summed E-state index contributed by atoms with van der Waals surface area (Å²) in [6.07, 6.45) is 3.83. The van der Waals surface area contributed by atoms with Crippen LogP contribution in [-0.2, 0) is 0 Å². The summed E-state index contributed by atoms with van der Waals surface area (Å²) >= 11 is 18.3. The van der Waals surface area contributed by atoms with Crippen LogP contribution in [0.3, 0.4) is 0 Å². The monoisotopic (exact) mass is 317 g/mol. The molecule has 2 bridgehead atoms. The van der Waals surface area contributed by atoms with Crippen molar-refractivity contribution in [2.45, 2.75) is 43.1 Å². The molecular formula is C14H14Cl3NO. The zero-order valence-electron chi connectivity index (χ0n) is 10.3. The molecule has 2 unspecified atom stereocenters. The first-order valence-corrected chi connectivity index (χ1v) is 7.67. The summed E-state index contributed by atoms with van der Waals surface area (Å²) in [5, 5.41) is 1.19. The third kappa shape index (κ3) is 2.46. The molecule has 102 valence electrons. The van der Waals surface area contributed by atoms with Crippen LogP contribution in [0.15, 0.2) is 18.2 Å². The lowest BCUT2D eigenvalue weighted by atomic mass is 10.0. The molecule has 2 heterocycles. The molecule has 19 heavy (non-hydrogen) atoms. The minimum Gasteiger partial charge on any atom is -0.333 e. The SMILES string of the molecule is O=C(c1cc(Cl)ccc1Cl)N1C2CCC1CC(Cl)C2. The molecule has 0 N–H and O–H groups in total. The second-order valence-corrected chi connectivity index (χ2v) is 6.75. The van der Waals surface area contributed by atoms with Gasteiger partial charge in [-0.1, -0.05) is 23.2 Å². The Kier molecular flexibility index (Phi) is 3.67. The quantitative estimate of drug-likeness (QED) is 0.704. The Balaban J connectivity index is 1.90. The first-order chi connectivity index (χ1) is 9.06. The first kappa shape index (κ1) is 13.5. The fraction of sp³-hybridized carbons (Fsp3) is 0.500. The highest BCUT2D eigenvalue weighted by Crippen LogP contribution is 2.39. The Morgan fingerprint density at radius 3 is 2.42 bits per heavy atom. The lowest BCUT2D eigenvalue weighted by molar-refractivity contribution is 0.0600. The van der Waals surface area contributed by atoms with Gasteiger partial charge in [0.2, 0.25) is 0 Å². The van der Waals surface area contributed by atoms with Gasteiger partial charge in [-0.2, -0.15) is 0 Å². The van der Waals surface area contributed by atoms with Gasteiger partial charge in [-0.3, -0.25) is 4.79 Å². The molecule has 1 amide bonds. The molecule has 0 spiro atoms. The van der Waals surface area contributed by atoms with Crippen LogP contribution in [-0.4, -0.2) is 28.3 Å². The Morgan fingerprint density at radius 2 is 1.79 bits per heavy atom. The second-order valence-electron chi connectivity index (χ2n) is 5.29. The number of carbonyl (C=O) groups excluding carboxylic acids is 1. The number of hydrogen-bond acceptors (Lipinski definition) is 1. The summed E-state index contributed by atoms with van der Waals surface area (Å²) in [7, 11) is 0. The first-order valence-electron chi connectivity index (χ1n) is 6.48. The molecule has 0 radical (unpaired) electrons. The van der Waals surface area contributed by atoms with Crippen LogP contribution in [0.5, 0.6) is 0 Å². The lowest BCUT2D eigenvalue weighted by Crippen LogP contribution is -2.47. The molecule has 2 aliphatic heterocycles. The third-order valence-corrected chi connectivity index (χ3v) is 4.99. The Hall–Kier alpha value is -0.440.